The van der Waals surface area contributed by atoms with E-state index in [0.717, 1.165) is 23.7 Å². The molecule has 100 valence electrons. The van der Waals surface area contributed by atoms with Crippen LogP contribution >= 0.6 is 11.6 Å². The average molecular weight is 268 g/mol. The minimum atomic E-state index is 0.0711. The van der Waals surface area contributed by atoms with Gasteiger partial charge in [-0.2, -0.15) is 0 Å². The number of hydrogen-bond donors (Lipinski definition) is 1. The maximum Gasteiger partial charge on any atom is 0.0967 e. The minimum absolute atomic E-state index is 0.0711. The molecular weight excluding hydrogens is 246 g/mol. The highest BCUT2D eigenvalue weighted by molar-refractivity contribution is 6.31. The molecule has 0 heterocycles. The summed E-state index contributed by atoms with van der Waals surface area (Å²) in [6.07, 6.45) is 5.44. The molecule has 1 aliphatic carbocycles. The SMILES string of the molecule is CCNCC(OC1CCCC1)c1ccccc1Cl. The largest absolute Gasteiger partial charge is 0.369 e. The molecule has 1 fully saturated rings. The summed E-state index contributed by atoms with van der Waals surface area (Å²) < 4.78 is 6.23. The van der Waals surface area contributed by atoms with Crippen LogP contribution in [0.5, 0.6) is 0 Å². The van der Waals surface area contributed by atoms with Crippen molar-refractivity contribution in [1.82, 2.24) is 5.32 Å². The first-order valence-corrected chi connectivity index (χ1v) is 7.29. The summed E-state index contributed by atoms with van der Waals surface area (Å²) >= 11 is 6.28. The van der Waals surface area contributed by atoms with E-state index in [4.69, 9.17) is 16.3 Å². The summed E-state index contributed by atoms with van der Waals surface area (Å²) in [6, 6.07) is 8.00. The van der Waals surface area contributed by atoms with Gasteiger partial charge in [0.1, 0.15) is 0 Å². The Hall–Kier alpha value is -0.570. The maximum atomic E-state index is 6.28. The Kier molecular flexibility index (Phi) is 5.48. The van der Waals surface area contributed by atoms with Gasteiger partial charge < -0.3 is 10.1 Å². The van der Waals surface area contributed by atoms with Gasteiger partial charge in [-0.3, -0.25) is 0 Å². The van der Waals surface area contributed by atoms with Gasteiger partial charge in [0, 0.05) is 17.1 Å². The second-order valence-electron chi connectivity index (χ2n) is 4.86. The van der Waals surface area contributed by atoms with E-state index < -0.39 is 0 Å². The second kappa shape index (κ2) is 7.13. The van der Waals surface area contributed by atoms with Gasteiger partial charge in [0.2, 0.25) is 0 Å². The van der Waals surface area contributed by atoms with Crippen molar-refractivity contribution >= 4 is 11.6 Å². The number of benzene rings is 1. The molecule has 0 bridgehead atoms. The predicted octanol–water partition coefficient (Wildman–Crippen LogP) is 3.95. The first kappa shape index (κ1) is 13.9. The van der Waals surface area contributed by atoms with Gasteiger partial charge in [0.25, 0.3) is 0 Å². The van der Waals surface area contributed by atoms with Crippen molar-refractivity contribution in [2.75, 3.05) is 13.1 Å². The minimum Gasteiger partial charge on any atom is -0.369 e. The van der Waals surface area contributed by atoms with Crippen LogP contribution in [0.25, 0.3) is 0 Å². The average Bonchev–Trinajstić information content (AvgIpc) is 2.88. The summed E-state index contributed by atoms with van der Waals surface area (Å²) in [5.41, 5.74) is 1.10. The lowest BCUT2D eigenvalue weighted by atomic mass is 10.1. The molecule has 2 nitrogen and oxygen atoms in total. The molecule has 18 heavy (non-hydrogen) atoms. The fourth-order valence-electron chi connectivity index (χ4n) is 2.50. The van der Waals surface area contributed by atoms with Gasteiger partial charge in [-0.25, -0.2) is 0 Å². The molecule has 1 aromatic rings. The van der Waals surface area contributed by atoms with E-state index in [0.29, 0.717) is 6.10 Å². The molecule has 2 rings (SSSR count). The zero-order valence-corrected chi connectivity index (χ0v) is 11.7. The van der Waals surface area contributed by atoms with Crippen LogP contribution < -0.4 is 5.32 Å². The maximum absolute atomic E-state index is 6.28. The smallest absolute Gasteiger partial charge is 0.0967 e. The summed E-state index contributed by atoms with van der Waals surface area (Å²) in [6.45, 7) is 3.89. The summed E-state index contributed by atoms with van der Waals surface area (Å²) in [5, 5.41) is 4.17. The molecule has 0 aromatic heterocycles. The third kappa shape index (κ3) is 3.71. The molecule has 3 heteroatoms. The quantitative estimate of drug-likeness (QED) is 0.843. The first-order valence-electron chi connectivity index (χ1n) is 6.92. The molecule has 1 N–H and O–H groups in total. The van der Waals surface area contributed by atoms with Gasteiger partial charge in [0.15, 0.2) is 0 Å². The molecule has 0 radical (unpaired) electrons. The zero-order valence-electron chi connectivity index (χ0n) is 11.0. The molecule has 1 aliphatic rings. The van der Waals surface area contributed by atoms with Crippen molar-refractivity contribution in [2.45, 2.75) is 44.8 Å². The standard InChI is InChI=1S/C15H22ClNO/c1-2-17-11-15(18-12-7-3-4-8-12)13-9-5-6-10-14(13)16/h5-6,9-10,12,15,17H,2-4,7-8,11H2,1H3. The van der Waals surface area contributed by atoms with E-state index in [1.165, 1.54) is 25.7 Å². The monoisotopic (exact) mass is 267 g/mol. The highest BCUT2D eigenvalue weighted by atomic mass is 35.5. The molecule has 0 saturated heterocycles. The summed E-state index contributed by atoms with van der Waals surface area (Å²) in [5.74, 6) is 0. The number of hydrogen-bond acceptors (Lipinski definition) is 2. The summed E-state index contributed by atoms with van der Waals surface area (Å²) in [4.78, 5) is 0. The van der Waals surface area contributed by atoms with Crippen LogP contribution in [0.2, 0.25) is 5.02 Å². The molecule has 1 atom stereocenters. The van der Waals surface area contributed by atoms with E-state index >= 15 is 0 Å². The second-order valence-corrected chi connectivity index (χ2v) is 5.27. The zero-order chi connectivity index (χ0) is 12.8. The number of nitrogens with one attached hydrogen (secondary N) is 1. The lowest BCUT2D eigenvalue weighted by Crippen LogP contribution is -2.26. The van der Waals surface area contributed by atoms with E-state index in [2.05, 4.69) is 18.3 Å². The lowest BCUT2D eigenvalue weighted by Gasteiger charge is -2.23. The molecule has 1 unspecified atom stereocenters. The van der Waals surface area contributed by atoms with Crippen molar-refractivity contribution in [3.63, 3.8) is 0 Å². The number of ether oxygens (including phenoxy) is 1. The Bertz CT molecular complexity index is 363. The predicted molar refractivity (Wildman–Crippen MR) is 76.1 cm³/mol. The third-order valence-electron chi connectivity index (χ3n) is 3.49. The van der Waals surface area contributed by atoms with Crippen LogP contribution in [0.3, 0.4) is 0 Å². The van der Waals surface area contributed by atoms with Crippen molar-refractivity contribution in [3.8, 4) is 0 Å². The van der Waals surface area contributed by atoms with Crippen LogP contribution in [0, 0.1) is 0 Å². The van der Waals surface area contributed by atoms with E-state index in [1.54, 1.807) is 0 Å². The van der Waals surface area contributed by atoms with Crippen molar-refractivity contribution < 1.29 is 4.74 Å². The van der Waals surface area contributed by atoms with E-state index in [-0.39, 0.29) is 6.10 Å². The van der Waals surface area contributed by atoms with Crippen molar-refractivity contribution in [1.29, 1.82) is 0 Å². The van der Waals surface area contributed by atoms with Crippen molar-refractivity contribution in [3.05, 3.63) is 34.9 Å². The topological polar surface area (TPSA) is 21.3 Å². The van der Waals surface area contributed by atoms with E-state index in [1.807, 2.05) is 18.2 Å². The Morgan fingerprint density at radius 3 is 2.72 bits per heavy atom. The van der Waals surface area contributed by atoms with Gasteiger partial charge in [0.05, 0.1) is 12.2 Å². The van der Waals surface area contributed by atoms with Gasteiger partial charge in [-0.1, -0.05) is 49.6 Å². The Labute approximate surface area is 115 Å². The molecule has 1 aromatic carbocycles. The van der Waals surface area contributed by atoms with Crippen LogP contribution in [0.15, 0.2) is 24.3 Å². The van der Waals surface area contributed by atoms with Gasteiger partial charge in [-0.05, 0) is 25.5 Å². The molecule has 0 amide bonds. The number of rotatable bonds is 6. The van der Waals surface area contributed by atoms with Gasteiger partial charge in [-0.15, -0.1) is 0 Å². The lowest BCUT2D eigenvalue weighted by molar-refractivity contribution is -0.00843. The van der Waals surface area contributed by atoms with Crippen LogP contribution in [0.4, 0.5) is 0 Å². The molecule has 0 aliphatic heterocycles. The highest BCUT2D eigenvalue weighted by Gasteiger charge is 2.22. The highest BCUT2D eigenvalue weighted by Crippen LogP contribution is 2.30. The number of likely N-dealkylation sites (N-methyl/N-ethyl adjacent to an activating group) is 1. The van der Waals surface area contributed by atoms with Crippen molar-refractivity contribution in [2.24, 2.45) is 0 Å². The van der Waals surface area contributed by atoms with Crippen LogP contribution in [0.1, 0.15) is 44.3 Å². The van der Waals surface area contributed by atoms with Crippen LogP contribution in [-0.2, 0) is 4.74 Å². The Morgan fingerprint density at radius 1 is 1.33 bits per heavy atom. The molecular formula is C15H22ClNO. The fourth-order valence-corrected chi connectivity index (χ4v) is 2.76. The number of halogens is 1. The Balaban J connectivity index is 2.06. The van der Waals surface area contributed by atoms with E-state index in [9.17, 15) is 0 Å². The Morgan fingerprint density at radius 2 is 2.06 bits per heavy atom. The van der Waals surface area contributed by atoms with Crippen LogP contribution in [-0.4, -0.2) is 19.2 Å². The molecule has 1 saturated carbocycles. The molecule has 0 spiro atoms. The first-order chi connectivity index (χ1) is 8.81. The van der Waals surface area contributed by atoms with Gasteiger partial charge >= 0.3 is 0 Å². The fraction of sp³-hybridized carbons (Fsp3) is 0.600. The third-order valence-corrected chi connectivity index (χ3v) is 3.83. The normalized spacial score (nSPS) is 18.1. The summed E-state index contributed by atoms with van der Waals surface area (Å²) in [7, 11) is 0.